The highest BCUT2D eigenvalue weighted by atomic mass is 16.6. The van der Waals surface area contributed by atoms with Crippen LogP contribution in [0.1, 0.15) is 36.9 Å². The minimum atomic E-state index is -0.412. The zero-order valence-electron chi connectivity index (χ0n) is 17.3. The lowest BCUT2D eigenvalue weighted by Gasteiger charge is -2.25. The molecule has 0 spiro atoms. The first-order chi connectivity index (χ1) is 15.7. The number of aromatic nitrogens is 4. The van der Waals surface area contributed by atoms with Crippen LogP contribution >= 0.6 is 0 Å². The number of non-ortho nitro benzene ring substituents is 1. The molecule has 5 rings (SSSR count). The largest absolute Gasteiger partial charge is 0.358 e. The maximum Gasteiger partial charge on any atom is 0.270 e. The van der Waals surface area contributed by atoms with E-state index in [1.807, 2.05) is 47.1 Å². The second-order valence-corrected chi connectivity index (χ2v) is 7.61. The maximum absolute atomic E-state index is 11.3. The molecule has 1 unspecified atom stereocenters. The van der Waals surface area contributed by atoms with Crippen LogP contribution in [-0.2, 0) is 4.74 Å². The van der Waals surface area contributed by atoms with Crippen LogP contribution in [0.2, 0.25) is 0 Å². The van der Waals surface area contributed by atoms with Crippen molar-refractivity contribution in [3.63, 3.8) is 0 Å². The number of nitrogens with zero attached hydrogens (tertiary/aromatic N) is 5. The topological polar surface area (TPSA) is 96.0 Å². The van der Waals surface area contributed by atoms with Crippen LogP contribution in [0, 0.1) is 10.1 Å². The second kappa shape index (κ2) is 8.68. The Kier molecular flexibility index (Phi) is 5.43. The summed E-state index contributed by atoms with van der Waals surface area (Å²) in [6.45, 7) is 0.689. The van der Waals surface area contributed by atoms with Crippen molar-refractivity contribution in [2.24, 2.45) is 0 Å². The highest BCUT2D eigenvalue weighted by molar-refractivity contribution is 5.89. The third kappa shape index (κ3) is 3.88. The Hall–Kier alpha value is -3.91. The van der Waals surface area contributed by atoms with Crippen molar-refractivity contribution in [1.29, 1.82) is 0 Å². The summed E-state index contributed by atoms with van der Waals surface area (Å²) < 4.78 is 8.07. The van der Waals surface area contributed by atoms with Crippen molar-refractivity contribution in [2.45, 2.75) is 25.5 Å². The number of nitro groups is 1. The molecular weight excluding hydrogens is 406 g/mol. The van der Waals surface area contributed by atoms with Crippen LogP contribution in [0.3, 0.4) is 0 Å². The van der Waals surface area contributed by atoms with Crippen molar-refractivity contribution in [3.8, 4) is 11.3 Å². The van der Waals surface area contributed by atoms with E-state index in [1.54, 1.807) is 12.1 Å². The minimum absolute atomic E-state index is 0.00788. The lowest BCUT2D eigenvalue weighted by molar-refractivity contribution is -0.384. The number of rotatable bonds is 5. The second-order valence-electron chi connectivity index (χ2n) is 7.61. The SMILES string of the molecule is O=[N+]([O-])c1cccc(-c2ncnc3c2nc(/C=C/c2ccccc2)n3C2CCCCO2)c1. The Bertz CT molecular complexity index is 1290. The number of hydrogen-bond donors (Lipinski definition) is 0. The van der Waals surface area contributed by atoms with E-state index < -0.39 is 4.92 Å². The molecule has 32 heavy (non-hydrogen) atoms. The van der Waals surface area contributed by atoms with Crippen LogP contribution in [0.15, 0.2) is 60.9 Å². The molecule has 1 atom stereocenters. The van der Waals surface area contributed by atoms with Crippen molar-refractivity contribution >= 4 is 29.0 Å². The van der Waals surface area contributed by atoms with Gasteiger partial charge in [-0.3, -0.25) is 14.7 Å². The van der Waals surface area contributed by atoms with E-state index in [4.69, 9.17) is 9.72 Å². The molecular formula is C24H21N5O3. The average Bonchev–Trinajstić information content (AvgIpc) is 3.22. The van der Waals surface area contributed by atoms with Gasteiger partial charge in [0.1, 0.15) is 29.6 Å². The molecule has 0 aliphatic carbocycles. The van der Waals surface area contributed by atoms with Gasteiger partial charge in [0.2, 0.25) is 0 Å². The van der Waals surface area contributed by atoms with Gasteiger partial charge in [0.25, 0.3) is 5.69 Å². The fraction of sp³-hybridized carbons (Fsp3) is 0.208. The summed E-state index contributed by atoms with van der Waals surface area (Å²) in [6.07, 6.45) is 8.22. The molecule has 3 heterocycles. The van der Waals surface area contributed by atoms with E-state index in [0.29, 0.717) is 34.9 Å². The first kappa shape index (κ1) is 20.0. The molecule has 8 heteroatoms. The number of benzene rings is 2. The number of nitro benzene ring substituents is 1. The Labute approximate surface area is 184 Å². The summed E-state index contributed by atoms with van der Waals surface area (Å²) in [5, 5.41) is 11.3. The molecule has 1 aliphatic heterocycles. The number of imidazole rings is 1. The van der Waals surface area contributed by atoms with E-state index in [0.717, 1.165) is 24.8 Å². The van der Waals surface area contributed by atoms with Gasteiger partial charge >= 0.3 is 0 Å². The Balaban J connectivity index is 1.67. The molecule has 1 saturated heterocycles. The summed E-state index contributed by atoms with van der Waals surface area (Å²) >= 11 is 0. The van der Waals surface area contributed by atoms with Gasteiger partial charge in [0, 0.05) is 24.3 Å². The molecule has 8 nitrogen and oxygen atoms in total. The zero-order valence-corrected chi connectivity index (χ0v) is 17.3. The molecule has 1 aliphatic rings. The summed E-state index contributed by atoms with van der Waals surface area (Å²) in [4.78, 5) is 24.6. The molecule has 0 amide bonds. The standard InChI is InChI=1S/C24H21N5O3/c30-29(31)19-10-6-9-18(15-19)22-23-24(26-16-25-22)28(21-11-4-5-14-32-21)20(27-23)13-12-17-7-2-1-3-8-17/h1-3,6-10,12-13,15-16,21H,4-5,11,14H2/b13-12+. The monoisotopic (exact) mass is 427 g/mol. The van der Waals surface area contributed by atoms with Gasteiger partial charge in [-0.15, -0.1) is 0 Å². The van der Waals surface area contributed by atoms with Gasteiger partial charge < -0.3 is 4.74 Å². The van der Waals surface area contributed by atoms with Gasteiger partial charge in [-0.2, -0.15) is 0 Å². The first-order valence-electron chi connectivity index (χ1n) is 10.5. The molecule has 0 bridgehead atoms. The van der Waals surface area contributed by atoms with Crippen molar-refractivity contribution in [1.82, 2.24) is 19.5 Å². The molecule has 1 fully saturated rings. The minimum Gasteiger partial charge on any atom is -0.358 e. The quantitative estimate of drug-likeness (QED) is 0.318. The highest BCUT2D eigenvalue weighted by Crippen LogP contribution is 2.33. The fourth-order valence-corrected chi connectivity index (χ4v) is 3.97. The number of ether oxygens (including phenoxy) is 1. The van der Waals surface area contributed by atoms with E-state index in [2.05, 4.69) is 9.97 Å². The van der Waals surface area contributed by atoms with Gasteiger partial charge in [-0.25, -0.2) is 15.0 Å². The smallest absolute Gasteiger partial charge is 0.270 e. The maximum atomic E-state index is 11.3. The van der Waals surface area contributed by atoms with Gasteiger partial charge in [-0.1, -0.05) is 48.5 Å². The predicted octanol–water partition coefficient (Wildman–Crippen LogP) is 5.27. The molecule has 0 N–H and O–H groups in total. The number of hydrogen-bond acceptors (Lipinski definition) is 6. The van der Waals surface area contributed by atoms with Gasteiger partial charge in [0.05, 0.1) is 4.92 Å². The summed E-state index contributed by atoms with van der Waals surface area (Å²) in [5.41, 5.74) is 3.49. The third-order valence-corrected chi connectivity index (χ3v) is 5.50. The highest BCUT2D eigenvalue weighted by Gasteiger charge is 2.24. The molecule has 160 valence electrons. The zero-order chi connectivity index (χ0) is 21.9. The normalized spacial score (nSPS) is 16.6. The average molecular weight is 427 g/mol. The van der Waals surface area contributed by atoms with Crippen molar-refractivity contribution in [3.05, 3.63) is 82.4 Å². The Morgan fingerprint density at radius 2 is 1.94 bits per heavy atom. The predicted molar refractivity (Wildman–Crippen MR) is 122 cm³/mol. The summed E-state index contributed by atoms with van der Waals surface area (Å²) in [7, 11) is 0. The van der Waals surface area contributed by atoms with Gasteiger partial charge in [0.15, 0.2) is 5.65 Å². The first-order valence-corrected chi connectivity index (χ1v) is 10.5. The van der Waals surface area contributed by atoms with Crippen LogP contribution in [0.4, 0.5) is 5.69 Å². The van der Waals surface area contributed by atoms with Crippen LogP contribution < -0.4 is 0 Å². The molecule has 0 saturated carbocycles. The van der Waals surface area contributed by atoms with Crippen LogP contribution in [0.25, 0.3) is 34.6 Å². The van der Waals surface area contributed by atoms with E-state index >= 15 is 0 Å². The summed E-state index contributed by atoms with van der Waals surface area (Å²) in [5.74, 6) is 0.711. The van der Waals surface area contributed by atoms with Crippen molar-refractivity contribution in [2.75, 3.05) is 6.61 Å². The fourth-order valence-electron chi connectivity index (χ4n) is 3.97. The van der Waals surface area contributed by atoms with Crippen molar-refractivity contribution < 1.29 is 9.66 Å². The Morgan fingerprint density at radius 3 is 2.72 bits per heavy atom. The summed E-state index contributed by atoms with van der Waals surface area (Å²) in [6, 6.07) is 16.4. The van der Waals surface area contributed by atoms with E-state index in [1.165, 1.54) is 18.5 Å². The molecule has 0 radical (unpaired) electrons. The third-order valence-electron chi connectivity index (χ3n) is 5.50. The van der Waals surface area contributed by atoms with E-state index in [9.17, 15) is 10.1 Å². The lowest BCUT2D eigenvalue weighted by atomic mass is 10.1. The van der Waals surface area contributed by atoms with Crippen LogP contribution in [-0.4, -0.2) is 31.0 Å². The van der Waals surface area contributed by atoms with E-state index in [-0.39, 0.29) is 11.9 Å². The molecule has 4 aromatic rings. The van der Waals surface area contributed by atoms with Crippen LogP contribution in [0.5, 0.6) is 0 Å². The van der Waals surface area contributed by atoms with Gasteiger partial charge in [-0.05, 0) is 30.9 Å². The molecule has 2 aromatic carbocycles. The lowest BCUT2D eigenvalue weighted by Crippen LogP contribution is -2.19. The Morgan fingerprint density at radius 1 is 1.06 bits per heavy atom. The molecule has 2 aromatic heterocycles. The number of fused-ring (bicyclic) bond motifs is 1.